The number of nitrogens with two attached hydrogens (primary N) is 1. The van der Waals surface area contributed by atoms with Gasteiger partial charge >= 0.3 is 0 Å². The molecule has 1 amide bonds. The van der Waals surface area contributed by atoms with E-state index in [1.54, 1.807) is 4.90 Å². The molecule has 3 aromatic rings. The van der Waals surface area contributed by atoms with E-state index >= 15 is 4.39 Å². The van der Waals surface area contributed by atoms with E-state index in [-0.39, 0.29) is 42.9 Å². The molecule has 3 atom stereocenters. The molecule has 4 aliphatic rings. The van der Waals surface area contributed by atoms with Gasteiger partial charge in [0, 0.05) is 48.1 Å². The number of benzene rings is 3. The number of piperazine rings is 1. The summed E-state index contributed by atoms with van der Waals surface area (Å²) in [4.78, 5) is 22.2. The molecular formula is C33H36Cl2FN5O3. The number of fused-ring (bicyclic) bond motifs is 3. The molecule has 2 N–H and O–H groups in total. The van der Waals surface area contributed by atoms with Crippen LogP contribution in [0, 0.1) is 5.82 Å². The molecule has 7 rings (SSSR count). The van der Waals surface area contributed by atoms with E-state index in [1.807, 2.05) is 36.4 Å². The first kappa shape index (κ1) is 29.5. The maximum atomic E-state index is 15.5. The average molecular weight is 641 g/mol. The first-order valence-electron chi connectivity index (χ1n) is 15.1. The molecule has 11 heteroatoms. The second-order valence-electron chi connectivity index (χ2n) is 12.4. The van der Waals surface area contributed by atoms with Crippen LogP contribution in [0.15, 0.2) is 42.5 Å². The van der Waals surface area contributed by atoms with Crippen LogP contribution in [0.3, 0.4) is 0 Å². The summed E-state index contributed by atoms with van der Waals surface area (Å²) in [7, 11) is 2.11. The number of amides is 1. The van der Waals surface area contributed by atoms with Crippen LogP contribution in [0.2, 0.25) is 10.0 Å². The molecule has 3 saturated heterocycles. The molecule has 232 valence electrons. The van der Waals surface area contributed by atoms with Crippen LogP contribution in [0.1, 0.15) is 35.7 Å². The maximum absolute atomic E-state index is 15.5. The van der Waals surface area contributed by atoms with Gasteiger partial charge in [-0.25, -0.2) is 4.39 Å². The standard InChI is InChI=1S/C33H36Cl2FN5O3/c1-19-14-38(2)8-9-40(19)23-10-26(34)31(27(35)11-23)33(42)39-15-20-4-3-5-24(32(20)44-18-39)25-12-30(29(37)13-28(25)36)41-21-6-7-22(41)17-43-16-21/h3-5,10-13,19,21-22H,6-9,14-18,37H2,1-2H3/t19-,21?,22?/m1/s1. The summed E-state index contributed by atoms with van der Waals surface area (Å²) >= 11 is 13.4. The van der Waals surface area contributed by atoms with Crippen molar-refractivity contribution in [2.24, 2.45) is 0 Å². The Labute approximate surface area is 267 Å². The highest BCUT2D eigenvalue weighted by molar-refractivity contribution is 6.40. The summed E-state index contributed by atoms with van der Waals surface area (Å²) in [5.74, 6) is -0.193. The Hall–Kier alpha value is -3.24. The number of halogens is 3. The normalized spacial score (nSPS) is 23.5. The van der Waals surface area contributed by atoms with E-state index in [2.05, 4.69) is 28.7 Å². The lowest BCUT2D eigenvalue weighted by atomic mass is 9.98. The SMILES string of the molecule is C[C@@H]1CN(C)CCN1c1cc(Cl)c(C(=O)N2COc3c(cccc3-c3cc(N4C5CCC4COC5)c(N)cc3F)C2)c(Cl)c1. The highest BCUT2D eigenvalue weighted by Crippen LogP contribution is 2.44. The molecule has 0 saturated carbocycles. The van der Waals surface area contributed by atoms with E-state index < -0.39 is 5.82 Å². The fourth-order valence-electron chi connectivity index (χ4n) is 7.26. The number of carbonyl (C=O) groups is 1. The average Bonchev–Trinajstić information content (AvgIpc) is 3.22. The van der Waals surface area contributed by atoms with Crippen molar-refractivity contribution >= 4 is 46.2 Å². The van der Waals surface area contributed by atoms with Gasteiger partial charge in [-0.15, -0.1) is 0 Å². The molecule has 3 aromatic carbocycles. The minimum atomic E-state index is -0.421. The van der Waals surface area contributed by atoms with Crippen LogP contribution in [-0.2, 0) is 11.3 Å². The summed E-state index contributed by atoms with van der Waals surface area (Å²) < 4.78 is 27.4. The van der Waals surface area contributed by atoms with Gasteiger partial charge in [0.1, 0.15) is 11.6 Å². The van der Waals surface area contributed by atoms with Crippen molar-refractivity contribution in [1.82, 2.24) is 9.80 Å². The quantitative estimate of drug-likeness (QED) is 0.357. The molecular weight excluding hydrogens is 604 g/mol. The fraction of sp³-hybridized carbons (Fsp3) is 0.424. The zero-order valence-corrected chi connectivity index (χ0v) is 26.4. The predicted molar refractivity (Wildman–Crippen MR) is 172 cm³/mol. The number of ether oxygens (including phenoxy) is 2. The van der Waals surface area contributed by atoms with Crippen molar-refractivity contribution in [2.45, 2.75) is 44.4 Å². The van der Waals surface area contributed by atoms with Crippen molar-refractivity contribution in [3.05, 3.63) is 69.5 Å². The highest BCUT2D eigenvalue weighted by Gasteiger charge is 2.39. The molecule has 44 heavy (non-hydrogen) atoms. The Bertz CT molecular complexity index is 1580. The van der Waals surface area contributed by atoms with Gasteiger partial charge < -0.3 is 34.8 Å². The monoisotopic (exact) mass is 639 g/mol. The molecule has 0 aliphatic carbocycles. The van der Waals surface area contributed by atoms with E-state index in [4.69, 9.17) is 38.4 Å². The van der Waals surface area contributed by atoms with E-state index in [1.165, 1.54) is 6.07 Å². The zero-order chi connectivity index (χ0) is 30.7. The Morgan fingerprint density at radius 2 is 1.75 bits per heavy atom. The van der Waals surface area contributed by atoms with Crippen molar-refractivity contribution in [1.29, 1.82) is 0 Å². The van der Waals surface area contributed by atoms with Crippen molar-refractivity contribution in [3.63, 3.8) is 0 Å². The minimum absolute atomic E-state index is 0.0240. The second kappa shape index (κ2) is 11.6. The number of nitrogen functional groups attached to an aromatic ring is 1. The Morgan fingerprint density at radius 1 is 1.02 bits per heavy atom. The number of hydrogen-bond donors (Lipinski definition) is 1. The van der Waals surface area contributed by atoms with Crippen molar-refractivity contribution < 1.29 is 18.7 Å². The molecule has 8 nitrogen and oxygen atoms in total. The summed E-state index contributed by atoms with van der Waals surface area (Å²) in [6, 6.07) is 13.2. The number of hydrogen-bond acceptors (Lipinski definition) is 7. The third-order valence-corrected chi connectivity index (χ3v) is 10.0. The van der Waals surface area contributed by atoms with Crippen LogP contribution >= 0.6 is 23.2 Å². The van der Waals surface area contributed by atoms with Gasteiger partial charge in [-0.3, -0.25) is 4.79 Å². The van der Waals surface area contributed by atoms with Gasteiger partial charge in [-0.2, -0.15) is 0 Å². The highest BCUT2D eigenvalue weighted by atomic mass is 35.5. The summed E-state index contributed by atoms with van der Waals surface area (Å²) in [5, 5.41) is 0.605. The van der Waals surface area contributed by atoms with Crippen LogP contribution < -0.4 is 20.3 Å². The van der Waals surface area contributed by atoms with Gasteiger partial charge in [0.15, 0.2) is 6.73 Å². The smallest absolute Gasteiger partial charge is 0.259 e. The molecule has 0 radical (unpaired) electrons. The molecule has 3 fully saturated rings. The number of para-hydroxylation sites is 1. The first-order valence-corrected chi connectivity index (χ1v) is 15.9. The number of carbonyl (C=O) groups excluding carboxylic acids is 1. The molecule has 0 spiro atoms. The lowest BCUT2D eigenvalue weighted by molar-refractivity contribution is 0.0516. The lowest BCUT2D eigenvalue weighted by Crippen LogP contribution is -2.50. The minimum Gasteiger partial charge on any atom is -0.472 e. The van der Waals surface area contributed by atoms with Gasteiger partial charge in [-0.1, -0.05) is 41.4 Å². The summed E-state index contributed by atoms with van der Waals surface area (Å²) in [5.41, 5.74) is 10.5. The number of morpholine rings is 1. The van der Waals surface area contributed by atoms with Crippen LogP contribution in [0.5, 0.6) is 5.75 Å². The van der Waals surface area contributed by atoms with Gasteiger partial charge in [0.25, 0.3) is 5.91 Å². The Morgan fingerprint density at radius 3 is 2.45 bits per heavy atom. The molecule has 2 bridgehead atoms. The van der Waals surface area contributed by atoms with Crippen LogP contribution in [-0.4, -0.2) is 80.5 Å². The fourth-order valence-corrected chi connectivity index (χ4v) is 7.89. The molecule has 4 aliphatic heterocycles. The lowest BCUT2D eigenvalue weighted by Gasteiger charge is -2.40. The van der Waals surface area contributed by atoms with Gasteiger partial charge in [0.2, 0.25) is 0 Å². The molecule has 4 heterocycles. The van der Waals surface area contributed by atoms with Crippen molar-refractivity contribution in [3.8, 4) is 16.9 Å². The number of nitrogens with zero attached hydrogens (tertiary/aromatic N) is 4. The molecule has 2 unspecified atom stereocenters. The van der Waals surface area contributed by atoms with Crippen LogP contribution in [0.4, 0.5) is 21.5 Å². The summed E-state index contributed by atoms with van der Waals surface area (Å²) in [6.45, 7) is 6.40. The van der Waals surface area contributed by atoms with E-state index in [0.29, 0.717) is 45.8 Å². The van der Waals surface area contributed by atoms with Crippen LogP contribution in [0.25, 0.3) is 11.1 Å². The third-order valence-electron chi connectivity index (χ3n) is 9.44. The molecule has 0 aromatic heterocycles. The zero-order valence-electron chi connectivity index (χ0n) is 24.9. The predicted octanol–water partition coefficient (Wildman–Crippen LogP) is 5.88. The van der Waals surface area contributed by atoms with Gasteiger partial charge in [0.05, 0.1) is 58.8 Å². The second-order valence-corrected chi connectivity index (χ2v) is 13.2. The third kappa shape index (κ3) is 5.13. The number of rotatable bonds is 4. The first-order chi connectivity index (χ1) is 21.2. The maximum Gasteiger partial charge on any atom is 0.259 e. The number of anilines is 3. The summed E-state index contributed by atoms with van der Waals surface area (Å²) in [6.07, 6.45) is 2.05. The number of likely N-dealkylation sites (N-methyl/N-ethyl adjacent to an activating group) is 1. The van der Waals surface area contributed by atoms with E-state index in [9.17, 15) is 4.79 Å². The largest absolute Gasteiger partial charge is 0.472 e. The topological polar surface area (TPSA) is 74.5 Å². The van der Waals surface area contributed by atoms with Crippen molar-refractivity contribution in [2.75, 3.05) is 62.2 Å². The van der Waals surface area contributed by atoms with E-state index in [0.717, 1.165) is 49.4 Å². The Kier molecular flexibility index (Phi) is 7.77. The van der Waals surface area contributed by atoms with Gasteiger partial charge in [-0.05, 0) is 51.1 Å². The Balaban J connectivity index is 1.15.